The number of nitrogens with zero attached hydrogens (tertiary/aromatic N) is 2. The lowest BCUT2D eigenvalue weighted by Crippen LogP contribution is -2.61. The van der Waals surface area contributed by atoms with Crippen molar-refractivity contribution in [1.82, 2.24) is 5.32 Å². The number of amides is 1. The van der Waals surface area contributed by atoms with E-state index in [2.05, 4.69) is 15.1 Å². The molecule has 2 atom stereocenters. The van der Waals surface area contributed by atoms with E-state index in [4.69, 9.17) is 16.3 Å². The van der Waals surface area contributed by atoms with E-state index in [1.54, 1.807) is 19.2 Å². The summed E-state index contributed by atoms with van der Waals surface area (Å²) in [6, 6.07) is 9.08. The Hall–Kier alpha value is -2.61. The van der Waals surface area contributed by atoms with Gasteiger partial charge in [0, 0.05) is 36.9 Å². The Morgan fingerprint density at radius 3 is 2.62 bits per heavy atom. The highest BCUT2D eigenvalue weighted by atomic mass is 35.5. The maximum absolute atomic E-state index is 13.4. The van der Waals surface area contributed by atoms with Crippen molar-refractivity contribution in [2.75, 3.05) is 43.1 Å². The second-order valence-electron chi connectivity index (χ2n) is 9.31. The lowest BCUT2D eigenvalue weighted by atomic mass is 9.82. The molecule has 184 valence electrons. The zero-order valence-corrected chi connectivity index (χ0v) is 20.2. The molecule has 2 aliphatic rings. The molecule has 2 aromatic carbocycles. The molecule has 1 amide bonds. The predicted octanol–water partition coefficient (Wildman–Crippen LogP) is 5.01. The number of hydrogen-bond acceptors (Lipinski definition) is 4. The normalized spacial score (nSPS) is 20.1. The van der Waals surface area contributed by atoms with Gasteiger partial charge in [-0.2, -0.15) is 13.2 Å². The fraction of sp³-hybridized carbons (Fsp3) is 0.480. The number of carbonyl (C=O) groups excluding carboxylic acids is 1. The average Bonchev–Trinajstić information content (AvgIpc) is 2.80. The summed E-state index contributed by atoms with van der Waals surface area (Å²) in [5, 5.41) is 3.58. The summed E-state index contributed by atoms with van der Waals surface area (Å²) >= 11 is 6.25. The van der Waals surface area contributed by atoms with E-state index in [1.165, 1.54) is 6.07 Å². The van der Waals surface area contributed by atoms with Gasteiger partial charge in [0.05, 0.1) is 30.3 Å². The highest BCUT2D eigenvalue weighted by Gasteiger charge is 2.43. The first-order chi connectivity index (χ1) is 16.1. The molecule has 9 heteroatoms. The van der Waals surface area contributed by atoms with Crippen LogP contribution in [0.25, 0.3) is 0 Å². The number of nitrogens with one attached hydrogen (secondary N) is 1. The number of benzene rings is 2. The average molecular weight is 496 g/mol. The van der Waals surface area contributed by atoms with Gasteiger partial charge in [0.15, 0.2) is 0 Å². The topological polar surface area (TPSA) is 44.8 Å². The largest absolute Gasteiger partial charge is 0.495 e. The Kier molecular flexibility index (Phi) is 6.90. The van der Waals surface area contributed by atoms with E-state index < -0.39 is 17.7 Å². The van der Waals surface area contributed by atoms with E-state index >= 15 is 0 Å². The van der Waals surface area contributed by atoms with Gasteiger partial charge in [0.25, 0.3) is 0 Å². The minimum absolute atomic E-state index is 0.133. The van der Waals surface area contributed by atoms with Gasteiger partial charge >= 0.3 is 6.18 Å². The lowest BCUT2D eigenvalue weighted by Gasteiger charge is -2.50. The molecule has 2 aromatic rings. The maximum Gasteiger partial charge on any atom is 0.416 e. The molecule has 0 radical (unpaired) electrons. The van der Waals surface area contributed by atoms with E-state index in [-0.39, 0.29) is 24.3 Å². The van der Waals surface area contributed by atoms with Gasteiger partial charge in [0.1, 0.15) is 5.75 Å². The number of anilines is 2. The molecular formula is C25H29ClF3N3O2. The van der Waals surface area contributed by atoms with E-state index in [0.717, 1.165) is 17.4 Å². The van der Waals surface area contributed by atoms with Crippen molar-refractivity contribution < 1.29 is 22.7 Å². The predicted molar refractivity (Wildman–Crippen MR) is 128 cm³/mol. The number of alkyl halides is 3. The second-order valence-corrected chi connectivity index (χ2v) is 9.75. The third kappa shape index (κ3) is 4.92. The van der Waals surface area contributed by atoms with Crippen LogP contribution in [0.2, 0.25) is 5.02 Å². The molecule has 5 nitrogen and oxygen atoms in total. The second kappa shape index (κ2) is 9.56. The minimum atomic E-state index is -4.43. The third-order valence-corrected chi connectivity index (χ3v) is 6.78. The number of fused-ring (bicyclic) bond motifs is 3. The van der Waals surface area contributed by atoms with Crippen LogP contribution < -0.4 is 19.9 Å². The molecular weight excluding hydrogens is 467 g/mol. The van der Waals surface area contributed by atoms with E-state index in [0.29, 0.717) is 42.5 Å². The van der Waals surface area contributed by atoms with Crippen LogP contribution in [0.1, 0.15) is 25.0 Å². The number of methoxy groups -OCH3 is 1. The smallest absolute Gasteiger partial charge is 0.416 e. The Morgan fingerprint density at radius 2 is 1.94 bits per heavy atom. The third-order valence-electron chi connectivity index (χ3n) is 6.54. The maximum atomic E-state index is 13.4. The molecule has 0 unspecified atom stereocenters. The van der Waals surface area contributed by atoms with Gasteiger partial charge in [-0.15, -0.1) is 0 Å². The van der Waals surface area contributed by atoms with Crippen LogP contribution in [-0.2, 0) is 17.4 Å². The molecule has 0 bridgehead atoms. The highest BCUT2D eigenvalue weighted by Crippen LogP contribution is 2.41. The van der Waals surface area contributed by atoms with Crippen molar-refractivity contribution in [2.45, 2.75) is 32.5 Å². The molecule has 1 saturated heterocycles. The van der Waals surface area contributed by atoms with Crippen LogP contribution in [0, 0.1) is 11.8 Å². The van der Waals surface area contributed by atoms with Gasteiger partial charge in [-0.3, -0.25) is 4.79 Å². The number of carbonyl (C=O) groups is 1. The molecule has 2 heterocycles. The summed E-state index contributed by atoms with van der Waals surface area (Å²) in [6.45, 7) is 6.24. The Bertz CT molecular complexity index is 1060. The Labute approximate surface area is 202 Å². The van der Waals surface area contributed by atoms with Gasteiger partial charge in [-0.25, -0.2) is 0 Å². The molecule has 0 spiro atoms. The van der Waals surface area contributed by atoms with Crippen molar-refractivity contribution in [3.8, 4) is 5.75 Å². The van der Waals surface area contributed by atoms with E-state index in [9.17, 15) is 18.0 Å². The van der Waals surface area contributed by atoms with Gasteiger partial charge in [-0.05, 0) is 54.3 Å². The first-order valence-corrected chi connectivity index (χ1v) is 11.8. The summed E-state index contributed by atoms with van der Waals surface area (Å²) in [5.74, 6) is 0.338. The minimum Gasteiger partial charge on any atom is -0.495 e. The number of hydrogen-bond donors (Lipinski definition) is 1. The summed E-state index contributed by atoms with van der Waals surface area (Å²) in [6.07, 6.45) is -4.17. The summed E-state index contributed by atoms with van der Waals surface area (Å²) in [4.78, 5) is 17.5. The Morgan fingerprint density at radius 1 is 1.18 bits per heavy atom. The fourth-order valence-corrected chi connectivity index (χ4v) is 5.03. The Balaban J connectivity index is 1.69. The SMILES string of the molecule is COc1ccc(Cl)cc1N1CCN2c3ccc(C(F)(F)F)cc3C[C@@H](C(=O)NCC(C)C)[C@@H]2C1. The van der Waals surface area contributed by atoms with Gasteiger partial charge in [-0.1, -0.05) is 25.4 Å². The fourth-order valence-electron chi connectivity index (χ4n) is 4.86. The highest BCUT2D eigenvalue weighted by molar-refractivity contribution is 6.31. The molecule has 1 fully saturated rings. The monoisotopic (exact) mass is 495 g/mol. The van der Waals surface area contributed by atoms with Crippen LogP contribution in [0.3, 0.4) is 0 Å². The van der Waals surface area contributed by atoms with Crippen molar-refractivity contribution in [3.05, 3.63) is 52.5 Å². The first-order valence-electron chi connectivity index (χ1n) is 11.4. The standard InChI is InChI=1S/C25H29ClF3N3O2/c1-15(2)13-30-24(33)19-11-16-10-17(25(27,28)29)4-6-20(16)32-9-8-31(14-22(19)32)21-12-18(26)5-7-23(21)34-3/h4-7,10,12,15,19,22H,8-9,11,13-14H2,1-3H3,(H,30,33)/t19-,22+/m1/s1. The van der Waals surface area contributed by atoms with E-state index in [1.807, 2.05) is 26.0 Å². The van der Waals surface area contributed by atoms with Crippen LogP contribution in [0.5, 0.6) is 5.75 Å². The molecule has 0 aliphatic carbocycles. The van der Waals surface area contributed by atoms with Crippen molar-refractivity contribution in [1.29, 1.82) is 0 Å². The molecule has 4 rings (SSSR count). The van der Waals surface area contributed by atoms with Crippen molar-refractivity contribution in [2.24, 2.45) is 11.8 Å². The molecule has 0 aromatic heterocycles. The number of rotatable bonds is 5. The quantitative estimate of drug-likeness (QED) is 0.633. The molecule has 1 N–H and O–H groups in total. The van der Waals surface area contributed by atoms with Crippen LogP contribution in [0.15, 0.2) is 36.4 Å². The van der Waals surface area contributed by atoms with Crippen molar-refractivity contribution >= 4 is 28.9 Å². The van der Waals surface area contributed by atoms with Gasteiger partial charge in [0.2, 0.25) is 5.91 Å². The summed E-state index contributed by atoms with van der Waals surface area (Å²) in [5.41, 5.74) is 1.48. The summed E-state index contributed by atoms with van der Waals surface area (Å²) < 4.78 is 45.7. The van der Waals surface area contributed by atoms with Crippen molar-refractivity contribution in [3.63, 3.8) is 0 Å². The first kappa shape index (κ1) is 24.5. The van der Waals surface area contributed by atoms with Crippen LogP contribution >= 0.6 is 11.6 Å². The lowest BCUT2D eigenvalue weighted by molar-refractivity contribution is -0.137. The van der Waals surface area contributed by atoms with Crippen LogP contribution in [-0.4, -0.2) is 45.2 Å². The zero-order valence-electron chi connectivity index (χ0n) is 19.5. The van der Waals surface area contributed by atoms with Crippen LogP contribution in [0.4, 0.5) is 24.5 Å². The molecule has 2 aliphatic heterocycles. The zero-order chi connectivity index (χ0) is 24.6. The number of ether oxygens (including phenoxy) is 1. The number of piperazine rings is 1. The summed E-state index contributed by atoms with van der Waals surface area (Å²) in [7, 11) is 1.60. The molecule has 0 saturated carbocycles. The molecule has 34 heavy (non-hydrogen) atoms. The number of halogens is 4. The van der Waals surface area contributed by atoms with Gasteiger partial charge < -0.3 is 19.9 Å².